The van der Waals surface area contributed by atoms with Crippen molar-refractivity contribution in [2.75, 3.05) is 20.3 Å². The highest BCUT2D eigenvalue weighted by molar-refractivity contribution is 5.77. The summed E-state index contributed by atoms with van der Waals surface area (Å²) in [6, 6.07) is 13.3. The molecule has 1 N–H and O–H groups in total. The third-order valence-electron chi connectivity index (χ3n) is 3.83. The summed E-state index contributed by atoms with van der Waals surface area (Å²) in [5, 5.41) is 2.85. The molecule has 0 fully saturated rings. The molecule has 0 atom stereocenters. The molecule has 0 saturated heterocycles. The average Bonchev–Trinajstić information content (AvgIpc) is 2.65. The number of nitrogens with one attached hydrogen (secondary N) is 1. The van der Waals surface area contributed by atoms with Crippen molar-refractivity contribution in [1.82, 2.24) is 5.32 Å². The maximum Gasteiger partial charge on any atom is 0.258 e. The molecule has 0 unspecified atom stereocenters. The van der Waals surface area contributed by atoms with Gasteiger partial charge in [-0.15, -0.1) is 0 Å². The maximum atomic E-state index is 12.0. The first-order valence-electron chi connectivity index (χ1n) is 8.88. The predicted octanol–water partition coefficient (Wildman–Crippen LogP) is 3.88. The van der Waals surface area contributed by atoms with Crippen molar-refractivity contribution in [3.8, 4) is 17.2 Å². The fraction of sp³-hybridized carbons (Fsp3) is 0.381. The van der Waals surface area contributed by atoms with Gasteiger partial charge in [-0.1, -0.05) is 31.5 Å². The highest BCUT2D eigenvalue weighted by Gasteiger charge is 2.08. The second-order valence-electron chi connectivity index (χ2n) is 6.07. The smallest absolute Gasteiger partial charge is 0.258 e. The molecule has 0 aliphatic rings. The summed E-state index contributed by atoms with van der Waals surface area (Å²) in [5.41, 5.74) is 2.03. The first-order valence-corrected chi connectivity index (χ1v) is 8.88. The Balaban J connectivity index is 1.83. The van der Waals surface area contributed by atoms with Gasteiger partial charge >= 0.3 is 0 Å². The molecule has 2 aromatic rings. The minimum atomic E-state index is -0.172. The number of hydrogen-bond donors (Lipinski definition) is 1. The van der Waals surface area contributed by atoms with Crippen molar-refractivity contribution >= 4 is 5.91 Å². The first kappa shape index (κ1) is 19.6. The Hall–Kier alpha value is -2.69. The standard InChI is InChI=1S/C21H27NO4/c1-4-5-11-25-19-10-9-17(13-20(19)24-3)14-22-21(23)15-26-18-8-6-7-16(2)12-18/h6-10,12-13H,4-5,11,14-15H2,1-3H3,(H,22,23). The van der Waals surface area contributed by atoms with Crippen LogP contribution in [0.2, 0.25) is 0 Å². The van der Waals surface area contributed by atoms with Gasteiger partial charge < -0.3 is 19.5 Å². The van der Waals surface area contributed by atoms with E-state index in [0.717, 1.165) is 29.7 Å². The molecule has 26 heavy (non-hydrogen) atoms. The summed E-state index contributed by atoms with van der Waals surface area (Å²) in [4.78, 5) is 12.0. The third kappa shape index (κ3) is 6.31. The zero-order chi connectivity index (χ0) is 18.8. The van der Waals surface area contributed by atoms with E-state index in [2.05, 4.69) is 12.2 Å². The van der Waals surface area contributed by atoms with Crippen molar-refractivity contribution in [3.63, 3.8) is 0 Å². The number of carbonyl (C=O) groups is 1. The molecule has 0 aliphatic carbocycles. The van der Waals surface area contributed by atoms with Crippen LogP contribution >= 0.6 is 0 Å². The van der Waals surface area contributed by atoms with E-state index in [1.807, 2.05) is 49.4 Å². The second kappa shape index (κ2) is 10.3. The van der Waals surface area contributed by atoms with Gasteiger partial charge in [0.15, 0.2) is 18.1 Å². The number of aryl methyl sites for hydroxylation is 1. The van der Waals surface area contributed by atoms with E-state index in [-0.39, 0.29) is 12.5 Å². The molecular weight excluding hydrogens is 330 g/mol. The van der Waals surface area contributed by atoms with Crippen LogP contribution in [0.4, 0.5) is 0 Å². The molecule has 0 heterocycles. The molecule has 0 radical (unpaired) electrons. The van der Waals surface area contributed by atoms with Crippen molar-refractivity contribution in [1.29, 1.82) is 0 Å². The minimum absolute atomic E-state index is 0.0151. The van der Waals surface area contributed by atoms with Gasteiger partial charge in [-0.2, -0.15) is 0 Å². The lowest BCUT2D eigenvalue weighted by atomic mass is 10.2. The van der Waals surface area contributed by atoms with E-state index in [9.17, 15) is 4.79 Å². The summed E-state index contributed by atoms with van der Waals surface area (Å²) in [7, 11) is 1.61. The van der Waals surface area contributed by atoms with Crippen molar-refractivity contribution in [2.24, 2.45) is 0 Å². The fourth-order valence-electron chi connectivity index (χ4n) is 2.37. The molecule has 140 valence electrons. The lowest BCUT2D eigenvalue weighted by Crippen LogP contribution is -2.28. The van der Waals surface area contributed by atoms with Gasteiger partial charge in [0.25, 0.3) is 5.91 Å². The van der Waals surface area contributed by atoms with Crippen molar-refractivity contribution < 1.29 is 19.0 Å². The van der Waals surface area contributed by atoms with Crippen molar-refractivity contribution in [3.05, 3.63) is 53.6 Å². The monoisotopic (exact) mass is 357 g/mol. The molecule has 0 bridgehead atoms. The normalized spacial score (nSPS) is 10.3. The highest BCUT2D eigenvalue weighted by atomic mass is 16.5. The van der Waals surface area contributed by atoms with Crippen LogP contribution in [0.1, 0.15) is 30.9 Å². The predicted molar refractivity (Wildman–Crippen MR) is 102 cm³/mol. The van der Waals surface area contributed by atoms with Crippen LogP contribution in [-0.4, -0.2) is 26.2 Å². The van der Waals surface area contributed by atoms with Gasteiger partial charge in [-0.25, -0.2) is 0 Å². The lowest BCUT2D eigenvalue weighted by Gasteiger charge is -2.12. The summed E-state index contributed by atoms with van der Waals surface area (Å²) >= 11 is 0. The number of carbonyl (C=O) groups excluding carboxylic acids is 1. The van der Waals surface area contributed by atoms with E-state index in [1.165, 1.54) is 0 Å². The number of benzene rings is 2. The largest absolute Gasteiger partial charge is 0.493 e. The molecular formula is C21H27NO4. The Morgan fingerprint density at radius 1 is 1.08 bits per heavy atom. The second-order valence-corrected chi connectivity index (χ2v) is 6.07. The van der Waals surface area contributed by atoms with Crippen molar-refractivity contribution in [2.45, 2.75) is 33.2 Å². The van der Waals surface area contributed by atoms with Crippen LogP contribution in [0, 0.1) is 6.92 Å². The molecule has 1 amide bonds. The summed E-state index contributed by atoms with van der Waals surface area (Å²) in [6.07, 6.45) is 2.08. The van der Waals surface area contributed by atoms with E-state index in [4.69, 9.17) is 14.2 Å². The number of hydrogen-bond acceptors (Lipinski definition) is 4. The zero-order valence-corrected chi connectivity index (χ0v) is 15.7. The van der Waals surface area contributed by atoms with Gasteiger partial charge in [0.05, 0.1) is 13.7 Å². The topological polar surface area (TPSA) is 56.8 Å². The first-order chi connectivity index (χ1) is 12.6. The Morgan fingerprint density at radius 3 is 2.65 bits per heavy atom. The third-order valence-corrected chi connectivity index (χ3v) is 3.83. The summed E-state index contributed by atoms with van der Waals surface area (Å²) in [6.45, 7) is 5.16. The van der Waals surface area contributed by atoms with E-state index >= 15 is 0 Å². The van der Waals surface area contributed by atoms with Gasteiger partial charge in [-0.05, 0) is 48.7 Å². The van der Waals surface area contributed by atoms with Crippen LogP contribution in [0.5, 0.6) is 17.2 Å². The van der Waals surface area contributed by atoms with E-state index in [0.29, 0.717) is 24.7 Å². The quantitative estimate of drug-likeness (QED) is 0.656. The number of amides is 1. The molecule has 5 nitrogen and oxygen atoms in total. The maximum absolute atomic E-state index is 12.0. The van der Waals surface area contributed by atoms with E-state index in [1.54, 1.807) is 7.11 Å². The van der Waals surface area contributed by atoms with Gasteiger partial charge in [0.2, 0.25) is 0 Å². The molecule has 2 rings (SSSR count). The highest BCUT2D eigenvalue weighted by Crippen LogP contribution is 2.28. The SMILES string of the molecule is CCCCOc1ccc(CNC(=O)COc2cccc(C)c2)cc1OC. The van der Waals surface area contributed by atoms with Crippen LogP contribution in [0.3, 0.4) is 0 Å². The number of ether oxygens (including phenoxy) is 3. The van der Waals surface area contributed by atoms with Gasteiger partial charge in [0, 0.05) is 6.54 Å². The molecule has 5 heteroatoms. The van der Waals surface area contributed by atoms with Gasteiger partial charge in [0.1, 0.15) is 5.75 Å². The van der Waals surface area contributed by atoms with Crippen LogP contribution in [0.25, 0.3) is 0 Å². The lowest BCUT2D eigenvalue weighted by molar-refractivity contribution is -0.123. The minimum Gasteiger partial charge on any atom is -0.493 e. The molecule has 2 aromatic carbocycles. The molecule has 0 aromatic heterocycles. The van der Waals surface area contributed by atoms with E-state index < -0.39 is 0 Å². The Kier molecular flexibility index (Phi) is 7.80. The number of methoxy groups -OCH3 is 1. The van der Waals surface area contributed by atoms with Crippen LogP contribution in [0.15, 0.2) is 42.5 Å². The zero-order valence-electron chi connectivity index (χ0n) is 15.7. The summed E-state index contributed by atoms with van der Waals surface area (Å²) < 4.78 is 16.6. The van der Waals surface area contributed by atoms with Crippen LogP contribution in [-0.2, 0) is 11.3 Å². The molecule has 0 saturated carbocycles. The van der Waals surface area contributed by atoms with Gasteiger partial charge in [-0.3, -0.25) is 4.79 Å². The number of rotatable bonds is 10. The molecule has 0 spiro atoms. The summed E-state index contributed by atoms with van der Waals surface area (Å²) in [5.74, 6) is 1.91. The Labute approximate surface area is 155 Å². The molecule has 0 aliphatic heterocycles. The fourth-order valence-corrected chi connectivity index (χ4v) is 2.37. The van der Waals surface area contributed by atoms with Crippen LogP contribution < -0.4 is 19.5 Å². The Bertz CT molecular complexity index is 715. The Morgan fingerprint density at radius 2 is 1.92 bits per heavy atom. The average molecular weight is 357 g/mol. The number of unbranched alkanes of at least 4 members (excludes halogenated alkanes) is 1.